The van der Waals surface area contributed by atoms with Crippen molar-refractivity contribution >= 4 is 9.84 Å². The maximum absolute atomic E-state index is 11.2. The third-order valence-corrected chi connectivity index (χ3v) is 3.73. The summed E-state index contributed by atoms with van der Waals surface area (Å²) in [7, 11) is -3.04. The number of hydrogen-bond acceptors (Lipinski definition) is 3. The van der Waals surface area contributed by atoms with Gasteiger partial charge in [0.25, 0.3) is 0 Å². The molecule has 1 aliphatic heterocycles. The van der Waals surface area contributed by atoms with Crippen LogP contribution in [0.4, 0.5) is 0 Å². The van der Waals surface area contributed by atoms with Gasteiger partial charge in [0.15, 0.2) is 9.84 Å². The van der Waals surface area contributed by atoms with E-state index in [4.69, 9.17) is 4.74 Å². The van der Waals surface area contributed by atoms with E-state index in [1.54, 1.807) is 0 Å². The summed E-state index contributed by atoms with van der Waals surface area (Å²) >= 11 is 0. The number of sulfone groups is 1. The molecule has 11 heavy (non-hydrogen) atoms. The van der Waals surface area contributed by atoms with Crippen LogP contribution in [0.5, 0.6) is 0 Å². The van der Waals surface area contributed by atoms with E-state index in [1.807, 2.05) is 0 Å². The zero-order chi connectivity index (χ0) is 8.32. The Morgan fingerprint density at radius 3 is 2.36 bits per heavy atom. The molecule has 1 saturated heterocycles. The van der Waals surface area contributed by atoms with Gasteiger partial charge in [-0.05, 0) is 12.8 Å². The molecular weight excluding hydrogens is 164 g/mol. The molecule has 0 radical (unpaired) electrons. The van der Waals surface area contributed by atoms with E-state index in [0.717, 1.165) is 5.41 Å². The largest absolute Gasteiger partial charge is 0.381 e. The Morgan fingerprint density at radius 1 is 1.36 bits per heavy atom. The van der Waals surface area contributed by atoms with Crippen molar-refractivity contribution in [3.05, 3.63) is 12.0 Å². The molecule has 0 saturated carbocycles. The molecule has 4 heteroatoms. The zero-order valence-electron chi connectivity index (χ0n) is 6.32. The zero-order valence-corrected chi connectivity index (χ0v) is 7.14. The Kier molecular flexibility index (Phi) is 2.67. The van der Waals surface area contributed by atoms with E-state index in [-0.39, 0.29) is 5.25 Å². The first kappa shape index (κ1) is 8.74. The van der Waals surface area contributed by atoms with Gasteiger partial charge in [0.05, 0.1) is 5.25 Å². The predicted molar refractivity (Wildman–Crippen MR) is 43.0 cm³/mol. The van der Waals surface area contributed by atoms with Gasteiger partial charge in [-0.1, -0.05) is 6.58 Å². The second-order valence-corrected chi connectivity index (χ2v) is 4.75. The van der Waals surface area contributed by atoms with E-state index in [2.05, 4.69) is 6.58 Å². The van der Waals surface area contributed by atoms with Crippen LogP contribution in [0, 0.1) is 0 Å². The first-order chi connectivity index (χ1) is 5.17. The molecule has 0 unspecified atom stereocenters. The molecule has 64 valence electrons. The highest BCUT2D eigenvalue weighted by Crippen LogP contribution is 2.16. The molecule has 1 aliphatic rings. The molecule has 0 N–H and O–H groups in total. The van der Waals surface area contributed by atoms with Crippen molar-refractivity contribution in [3.8, 4) is 0 Å². The first-order valence-electron chi connectivity index (χ1n) is 3.61. The van der Waals surface area contributed by atoms with Crippen molar-refractivity contribution in [2.75, 3.05) is 13.2 Å². The maximum atomic E-state index is 11.2. The monoisotopic (exact) mass is 176 g/mol. The maximum Gasteiger partial charge on any atom is 0.174 e. The van der Waals surface area contributed by atoms with Crippen molar-refractivity contribution < 1.29 is 13.2 Å². The van der Waals surface area contributed by atoms with Gasteiger partial charge >= 0.3 is 0 Å². The summed E-state index contributed by atoms with van der Waals surface area (Å²) in [5.74, 6) is 0. The normalized spacial score (nSPS) is 21.5. The van der Waals surface area contributed by atoms with Gasteiger partial charge in [0.1, 0.15) is 0 Å². The van der Waals surface area contributed by atoms with Crippen LogP contribution < -0.4 is 0 Å². The first-order valence-corrected chi connectivity index (χ1v) is 5.22. The molecular formula is C7H12O3S. The van der Waals surface area contributed by atoms with Crippen LogP contribution in [0.1, 0.15) is 12.8 Å². The van der Waals surface area contributed by atoms with Gasteiger partial charge in [-0.15, -0.1) is 0 Å². The lowest BCUT2D eigenvalue weighted by molar-refractivity contribution is 0.0985. The third-order valence-electron chi connectivity index (χ3n) is 1.87. The molecule has 0 aromatic rings. The molecule has 0 aromatic carbocycles. The lowest BCUT2D eigenvalue weighted by Gasteiger charge is -2.19. The highest BCUT2D eigenvalue weighted by Gasteiger charge is 2.24. The fourth-order valence-corrected chi connectivity index (χ4v) is 2.26. The van der Waals surface area contributed by atoms with Gasteiger partial charge < -0.3 is 4.74 Å². The Labute approximate surface area is 67.0 Å². The van der Waals surface area contributed by atoms with Crippen molar-refractivity contribution in [2.45, 2.75) is 18.1 Å². The number of rotatable bonds is 2. The van der Waals surface area contributed by atoms with E-state index in [0.29, 0.717) is 26.1 Å². The third kappa shape index (κ3) is 2.04. The summed E-state index contributed by atoms with van der Waals surface area (Å²) in [6.07, 6.45) is 1.21. The topological polar surface area (TPSA) is 43.4 Å². The molecule has 1 rings (SSSR count). The minimum atomic E-state index is -3.04. The molecule has 0 amide bonds. The van der Waals surface area contributed by atoms with Crippen LogP contribution in [0.3, 0.4) is 0 Å². The SMILES string of the molecule is C=CS(=O)(=O)C1CCOCC1. The van der Waals surface area contributed by atoms with Gasteiger partial charge in [-0.2, -0.15) is 0 Å². The smallest absolute Gasteiger partial charge is 0.174 e. The van der Waals surface area contributed by atoms with Crippen molar-refractivity contribution in [1.82, 2.24) is 0 Å². The van der Waals surface area contributed by atoms with E-state index in [1.165, 1.54) is 0 Å². The molecule has 1 fully saturated rings. The highest BCUT2D eigenvalue weighted by atomic mass is 32.2. The van der Waals surface area contributed by atoms with Crippen molar-refractivity contribution in [1.29, 1.82) is 0 Å². The highest BCUT2D eigenvalue weighted by molar-refractivity contribution is 7.94. The average molecular weight is 176 g/mol. The molecule has 0 aromatic heterocycles. The number of ether oxygens (including phenoxy) is 1. The summed E-state index contributed by atoms with van der Waals surface area (Å²) in [6.45, 7) is 4.39. The molecule has 0 bridgehead atoms. The van der Waals surface area contributed by atoms with Gasteiger partial charge in [0, 0.05) is 18.6 Å². The van der Waals surface area contributed by atoms with Crippen LogP contribution in [-0.4, -0.2) is 26.9 Å². The van der Waals surface area contributed by atoms with Crippen LogP contribution in [-0.2, 0) is 14.6 Å². The second kappa shape index (κ2) is 3.36. The molecule has 0 aliphatic carbocycles. The minimum absolute atomic E-state index is 0.256. The van der Waals surface area contributed by atoms with Crippen LogP contribution in [0.15, 0.2) is 12.0 Å². The summed E-state index contributed by atoms with van der Waals surface area (Å²) in [4.78, 5) is 0. The lowest BCUT2D eigenvalue weighted by Crippen LogP contribution is -2.27. The Balaban J connectivity index is 2.66. The predicted octanol–water partition coefficient (Wildman–Crippen LogP) is 0.724. The molecule has 0 spiro atoms. The Morgan fingerprint density at radius 2 is 1.91 bits per heavy atom. The van der Waals surface area contributed by atoms with Gasteiger partial charge in [0.2, 0.25) is 0 Å². The van der Waals surface area contributed by atoms with E-state index < -0.39 is 9.84 Å². The van der Waals surface area contributed by atoms with Gasteiger partial charge in [-0.25, -0.2) is 8.42 Å². The average Bonchev–Trinajstić information content (AvgIpc) is 2.06. The van der Waals surface area contributed by atoms with E-state index >= 15 is 0 Å². The summed E-state index contributed by atoms with van der Waals surface area (Å²) in [6, 6.07) is 0. The fraction of sp³-hybridized carbons (Fsp3) is 0.714. The van der Waals surface area contributed by atoms with Gasteiger partial charge in [-0.3, -0.25) is 0 Å². The summed E-state index contributed by atoms with van der Waals surface area (Å²) in [5, 5.41) is 0.789. The van der Waals surface area contributed by atoms with Crippen LogP contribution in [0.25, 0.3) is 0 Å². The van der Waals surface area contributed by atoms with Crippen LogP contribution >= 0.6 is 0 Å². The molecule has 1 heterocycles. The molecule has 0 atom stereocenters. The summed E-state index contributed by atoms with van der Waals surface area (Å²) < 4.78 is 27.4. The van der Waals surface area contributed by atoms with Crippen molar-refractivity contribution in [3.63, 3.8) is 0 Å². The summed E-state index contributed by atoms with van der Waals surface area (Å²) in [5.41, 5.74) is 0. The quantitative estimate of drug-likeness (QED) is 0.622. The minimum Gasteiger partial charge on any atom is -0.381 e. The van der Waals surface area contributed by atoms with Crippen LogP contribution in [0.2, 0.25) is 0 Å². The Bertz CT molecular complexity index is 224. The second-order valence-electron chi connectivity index (χ2n) is 2.57. The standard InChI is InChI=1S/C7H12O3S/c1-2-11(8,9)7-3-5-10-6-4-7/h2,7H,1,3-6H2. The van der Waals surface area contributed by atoms with E-state index in [9.17, 15) is 8.42 Å². The number of hydrogen-bond donors (Lipinski definition) is 0. The molecule has 3 nitrogen and oxygen atoms in total. The lowest BCUT2D eigenvalue weighted by atomic mass is 10.2. The van der Waals surface area contributed by atoms with Crippen molar-refractivity contribution in [2.24, 2.45) is 0 Å². The Hall–Kier alpha value is -0.350. The fourth-order valence-electron chi connectivity index (χ4n) is 1.14.